The van der Waals surface area contributed by atoms with Gasteiger partial charge in [0, 0.05) is 31.6 Å². The van der Waals surface area contributed by atoms with Crippen LogP contribution in [0.2, 0.25) is 10.0 Å². The number of aryl methyl sites for hydroxylation is 1. The summed E-state index contributed by atoms with van der Waals surface area (Å²) in [7, 11) is 0. The Morgan fingerprint density at radius 3 is 2.77 bits per heavy atom. The number of ether oxygens (including phenoxy) is 1. The summed E-state index contributed by atoms with van der Waals surface area (Å²) in [6.45, 7) is 4.77. The number of anilines is 1. The average molecular weight is 542 g/mol. The lowest BCUT2D eigenvalue weighted by Gasteiger charge is -2.38. The molecule has 1 aliphatic heterocycles. The number of nitrogens with zero attached hydrogens (tertiary/aromatic N) is 3. The van der Waals surface area contributed by atoms with E-state index in [9.17, 15) is 19.1 Å². The number of amides is 1. The van der Waals surface area contributed by atoms with Crippen molar-refractivity contribution in [3.05, 3.63) is 50.5 Å². The number of carboxylic acids is 1. The van der Waals surface area contributed by atoms with Crippen LogP contribution in [0.4, 0.5) is 9.52 Å². The third-order valence-electron chi connectivity index (χ3n) is 5.60. The molecule has 1 aliphatic rings. The summed E-state index contributed by atoms with van der Waals surface area (Å²) in [5, 5.41) is 13.5. The summed E-state index contributed by atoms with van der Waals surface area (Å²) in [5.41, 5.74) is 0.636. The Labute approximate surface area is 214 Å². The van der Waals surface area contributed by atoms with Gasteiger partial charge in [-0.1, -0.05) is 34.5 Å². The third-order valence-corrected chi connectivity index (χ3v) is 7.65. The number of carboxylic acid groups (broad SMARTS) is 1. The molecular formula is C22H22Cl2FN5O4S. The first-order chi connectivity index (χ1) is 16.7. The minimum absolute atomic E-state index is 0.0207. The van der Waals surface area contributed by atoms with Crippen LogP contribution in [0.5, 0.6) is 0 Å². The number of aromatic nitrogens is 3. The highest BCUT2D eigenvalue weighted by Gasteiger charge is 2.34. The second kappa shape index (κ2) is 10.5. The lowest BCUT2D eigenvalue weighted by Crippen LogP contribution is -2.55. The molecule has 2 atom stereocenters. The quantitative estimate of drug-likeness (QED) is 0.405. The first kappa shape index (κ1) is 25.4. The molecule has 0 aromatic carbocycles. The van der Waals surface area contributed by atoms with E-state index < -0.39 is 23.8 Å². The zero-order chi connectivity index (χ0) is 25.3. The van der Waals surface area contributed by atoms with Gasteiger partial charge in [0.2, 0.25) is 0 Å². The molecule has 1 fully saturated rings. The van der Waals surface area contributed by atoms with E-state index in [2.05, 4.69) is 20.3 Å². The van der Waals surface area contributed by atoms with E-state index in [0.717, 1.165) is 11.3 Å². The van der Waals surface area contributed by atoms with Gasteiger partial charge >= 0.3 is 5.97 Å². The standard InChI is InChI=1S/C22H22Cl2FN5O4S/c1-3-34-13-9-30(8-6-12(13)28-20(31)17-15(24)14(23)10(2)27-17)22-29-18(19(35-22)21(32)33)16-11(25)5-4-7-26-16/h4-5,7,12-13,27H,3,6,8-9H2,1-2H3,(H,28,31)(H,32,33)/t12-,13+/m1/s1. The predicted molar refractivity (Wildman–Crippen MR) is 131 cm³/mol. The van der Waals surface area contributed by atoms with Crippen LogP contribution in [0, 0.1) is 12.7 Å². The van der Waals surface area contributed by atoms with Gasteiger partial charge in [0.15, 0.2) is 10.9 Å². The molecule has 4 rings (SSSR count). The summed E-state index contributed by atoms with van der Waals surface area (Å²) < 4.78 is 20.2. The molecule has 9 nitrogen and oxygen atoms in total. The van der Waals surface area contributed by atoms with Crippen LogP contribution < -0.4 is 10.2 Å². The SMILES string of the molecule is CCO[C@H]1CN(c2nc(-c3ncccc3F)c(C(=O)O)s2)CC[C@H]1NC(=O)c1[nH]c(C)c(Cl)c1Cl. The van der Waals surface area contributed by atoms with E-state index >= 15 is 0 Å². The van der Waals surface area contributed by atoms with Gasteiger partial charge in [-0.2, -0.15) is 0 Å². The second-order valence-corrected chi connectivity index (χ2v) is 9.61. The lowest BCUT2D eigenvalue weighted by molar-refractivity contribution is 0.0272. The monoisotopic (exact) mass is 541 g/mol. The summed E-state index contributed by atoms with van der Waals surface area (Å²) in [6, 6.07) is 2.30. The number of hydrogen-bond acceptors (Lipinski definition) is 7. The average Bonchev–Trinajstić information content (AvgIpc) is 3.38. The fourth-order valence-corrected chi connectivity index (χ4v) is 5.27. The Balaban J connectivity index is 1.55. The Morgan fingerprint density at radius 1 is 1.37 bits per heavy atom. The smallest absolute Gasteiger partial charge is 0.348 e. The van der Waals surface area contributed by atoms with Crippen molar-refractivity contribution < 1.29 is 23.8 Å². The van der Waals surface area contributed by atoms with Gasteiger partial charge in [0.05, 0.1) is 22.2 Å². The first-order valence-corrected chi connectivity index (χ1v) is 12.3. The molecule has 3 aromatic rings. The molecular weight excluding hydrogens is 520 g/mol. The Bertz CT molecular complexity index is 1270. The van der Waals surface area contributed by atoms with E-state index in [1.54, 1.807) is 6.92 Å². The van der Waals surface area contributed by atoms with Crippen LogP contribution in [-0.4, -0.2) is 63.8 Å². The van der Waals surface area contributed by atoms with E-state index in [4.69, 9.17) is 27.9 Å². The van der Waals surface area contributed by atoms with Gasteiger partial charge in [0.1, 0.15) is 22.0 Å². The maximum Gasteiger partial charge on any atom is 0.348 e. The molecule has 0 saturated carbocycles. The number of piperidine rings is 1. The molecule has 0 bridgehead atoms. The minimum atomic E-state index is -1.21. The van der Waals surface area contributed by atoms with Gasteiger partial charge in [-0.3, -0.25) is 9.78 Å². The van der Waals surface area contributed by atoms with Crippen LogP contribution in [0.3, 0.4) is 0 Å². The zero-order valence-corrected chi connectivity index (χ0v) is 21.1. The Morgan fingerprint density at radius 2 is 2.14 bits per heavy atom. The molecule has 4 heterocycles. The molecule has 0 spiro atoms. The van der Waals surface area contributed by atoms with Gasteiger partial charge < -0.3 is 25.0 Å². The number of hydrogen-bond donors (Lipinski definition) is 3. The number of thiazole rings is 1. The van der Waals surface area contributed by atoms with E-state index in [-0.39, 0.29) is 33.0 Å². The number of aromatic carboxylic acids is 1. The Kier molecular flexibility index (Phi) is 7.60. The molecule has 0 radical (unpaired) electrons. The van der Waals surface area contributed by atoms with Crippen LogP contribution >= 0.6 is 34.5 Å². The van der Waals surface area contributed by atoms with E-state index in [1.807, 2.05) is 11.8 Å². The van der Waals surface area contributed by atoms with Crippen LogP contribution in [-0.2, 0) is 4.74 Å². The molecule has 1 saturated heterocycles. The van der Waals surface area contributed by atoms with Crippen molar-refractivity contribution in [2.24, 2.45) is 0 Å². The normalized spacial score (nSPS) is 18.0. The summed E-state index contributed by atoms with van der Waals surface area (Å²) in [6.07, 6.45) is 1.47. The Hall–Kier alpha value is -2.73. The van der Waals surface area contributed by atoms with E-state index in [1.165, 1.54) is 18.3 Å². The number of aromatic amines is 1. The highest BCUT2D eigenvalue weighted by Crippen LogP contribution is 2.35. The largest absolute Gasteiger partial charge is 0.477 e. The van der Waals surface area contributed by atoms with Gasteiger partial charge in [0.25, 0.3) is 5.91 Å². The summed E-state index contributed by atoms with van der Waals surface area (Å²) in [4.78, 5) is 37.7. The van der Waals surface area contributed by atoms with Crippen molar-refractivity contribution in [2.45, 2.75) is 32.4 Å². The van der Waals surface area contributed by atoms with Crippen molar-refractivity contribution >= 4 is 51.5 Å². The summed E-state index contributed by atoms with van der Waals surface area (Å²) in [5.74, 6) is -2.27. The molecule has 3 N–H and O–H groups in total. The van der Waals surface area contributed by atoms with Crippen LogP contribution in [0.15, 0.2) is 18.3 Å². The molecule has 35 heavy (non-hydrogen) atoms. The van der Waals surface area contributed by atoms with Crippen molar-refractivity contribution in [1.82, 2.24) is 20.3 Å². The van der Waals surface area contributed by atoms with Gasteiger partial charge in [-0.15, -0.1) is 0 Å². The number of halogens is 3. The van der Waals surface area contributed by atoms with E-state index in [0.29, 0.717) is 42.0 Å². The topological polar surface area (TPSA) is 120 Å². The fourth-order valence-electron chi connectivity index (χ4n) is 3.92. The number of nitrogens with one attached hydrogen (secondary N) is 2. The highest BCUT2D eigenvalue weighted by atomic mass is 35.5. The second-order valence-electron chi connectivity index (χ2n) is 7.87. The number of carbonyl (C=O) groups excluding carboxylic acids is 1. The maximum absolute atomic E-state index is 14.3. The molecule has 1 amide bonds. The molecule has 0 unspecified atom stereocenters. The van der Waals surface area contributed by atoms with Crippen LogP contribution in [0.25, 0.3) is 11.4 Å². The van der Waals surface area contributed by atoms with Crippen molar-refractivity contribution in [3.63, 3.8) is 0 Å². The molecule has 13 heteroatoms. The van der Waals surface area contributed by atoms with Crippen molar-refractivity contribution in [1.29, 1.82) is 0 Å². The maximum atomic E-state index is 14.3. The number of rotatable bonds is 7. The van der Waals surface area contributed by atoms with Crippen molar-refractivity contribution in [3.8, 4) is 11.4 Å². The minimum Gasteiger partial charge on any atom is -0.477 e. The molecule has 3 aromatic heterocycles. The molecule has 0 aliphatic carbocycles. The predicted octanol–water partition coefficient (Wildman–Crippen LogP) is 4.40. The zero-order valence-electron chi connectivity index (χ0n) is 18.8. The van der Waals surface area contributed by atoms with Crippen molar-refractivity contribution in [2.75, 3.05) is 24.6 Å². The van der Waals surface area contributed by atoms with Crippen LogP contribution in [0.1, 0.15) is 39.2 Å². The lowest BCUT2D eigenvalue weighted by atomic mass is 10.0. The number of pyridine rings is 1. The first-order valence-electron chi connectivity index (χ1n) is 10.8. The highest BCUT2D eigenvalue weighted by molar-refractivity contribution is 7.17. The van der Waals surface area contributed by atoms with Gasteiger partial charge in [-0.05, 0) is 32.4 Å². The third kappa shape index (κ3) is 5.13. The number of carbonyl (C=O) groups is 2. The fraction of sp³-hybridized carbons (Fsp3) is 0.364. The summed E-state index contributed by atoms with van der Waals surface area (Å²) >= 11 is 13.2. The number of H-pyrrole nitrogens is 1. The molecule has 186 valence electrons. The van der Waals surface area contributed by atoms with Gasteiger partial charge in [-0.25, -0.2) is 14.2 Å².